The van der Waals surface area contributed by atoms with E-state index in [0.29, 0.717) is 19.5 Å². The quantitative estimate of drug-likeness (QED) is 0.320. The molecule has 2 amide bonds. The Kier molecular flexibility index (Phi) is 19.1. The Morgan fingerprint density at radius 1 is 0.692 bits per heavy atom. The van der Waals surface area contributed by atoms with E-state index in [1.165, 1.54) is 70.6 Å². The van der Waals surface area contributed by atoms with E-state index in [1.807, 2.05) is 6.92 Å². The van der Waals surface area contributed by atoms with Crippen LogP contribution in [-0.4, -0.2) is 31.7 Å². The van der Waals surface area contributed by atoms with Gasteiger partial charge in [-0.1, -0.05) is 84.0 Å². The minimum atomic E-state index is -0.432. The maximum atomic E-state index is 11.6. The summed E-state index contributed by atoms with van der Waals surface area (Å²) in [4.78, 5) is 22.7. The molecule has 0 saturated heterocycles. The Balaban J connectivity index is 3.20. The second-order valence-electron chi connectivity index (χ2n) is 7.01. The number of alkyl carbamates (subject to hydrolysis) is 1. The standard InChI is InChI=1S/C21H42N2O3/c1-3-5-6-7-8-9-10-11-12-13-14-15-16-17-20(24)23-18-19-26-21(25)22-4-2/h3-19H2,1-2H3,(H,22,25)(H,23,24). The first-order chi connectivity index (χ1) is 12.7. The van der Waals surface area contributed by atoms with Gasteiger partial charge in [-0.25, -0.2) is 4.79 Å². The smallest absolute Gasteiger partial charge is 0.407 e. The van der Waals surface area contributed by atoms with Crippen LogP contribution in [0.25, 0.3) is 0 Å². The van der Waals surface area contributed by atoms with Gasteiger partial charge in [0.1, 0.15) is 6.61 Å². The largest absolute Gasteiger partial charge is 0.448 e. The molecule has 2 N–H and O–H groups in total. The van der Waals surface area contributed by atoms with E-state index in [-0.39, 0.29) is 12.5 Å². The molecule has 0 aliphatic rings. The number of amides is 2. The molecule has 0 aromatic heterocycles. The fourth-order valence-corrected chi connectivity index (χ4v) is 2.92. The highest BCUT2D eigenvalue weighted by Gasteiger charge is 2.02. The van der Waals surface area contributed by atoms with Gasteiger partial charge in [-0.3, -0.25) is 4.79 Å². The third kappa shape index (κ3) is 19.1. The zero-order valence-electron chi connectivity index (χ0n) is 17.2. The molecule has 0 aliphatic carbocycles. The summed E-state index contributed by atoms with van der Waals surface area (Å²) in [5.41, 5.74) is 0. The summed E-state index contributed by atoms with van der Waals surface area (Å²) in [7, 11) is 0. The van der Waals surface area contributed by atoms with E-state index in [4.69, 9.17) is 4.74 Å². The number of carbonyl (C=O) groups excluding carboxylic acids is 2. The summed E-state index contributed by atoms with van der Waals surface area (Å²) in [6.07, 6.45) is 17.1. The molecule has 26 heavy (non-hydrogen) atoms. The number of rotatable bonds is 18. The number of ether oxygens (including phenoxy) is 1. The van der Waals surface area contributed by atoms with Gasteiger partial charge in [0.25, 0.3) is 0 Å². The zero-order valence-corrected chi connectivity index (χ0v) is 17.2. The lowest BCUT2D eigenvalue weighted by molar-refractivity contribution is -0.121. The first kappa shape index (κ1) is 24.7. The van der Waals surface area contributed by atoms with Crippen LogP contribution < -0.4 is 10.6 Å². The van der Waals surface area contributed by atoms with Crippen LogP contribution in [0.5, 0.6) is 0 Å². The molecule has 0 atom stereocenters. The molecule has 0 unspecified atom stereocenters. The van der Waals surface area contributed by atoms with Crippen molar-refractivity contribution in [2.75, 3.05) is 19.7 Å². The summed E-state index contributed by atoms with van der Waals surface area (Å²) >= 11 is 0. The lowest BCUT2D eigenvalue weighted by Gasteiger charge is -2.07. The van der Waals surface area contributed by atoms with Crippen molar-refractivity contribution in [2.45, 2.75) is 104 Å². The number of carbonyl (C=O) groups is 2. The van der Waals surface area contributed by atoms with E-state index < -0.39 is 6.09 Å². The maximum absolute atomic E-state index is 11.6. The molecule has 154 valence electrons. The third-order valence-corrected chi connectivity index (χ3v) is 4.49. The molecule has 0 aliphatic heterocycles. The summed E-state index contributed by atoms with van der Waals surface area (Å²) in [5, 5.41) is 5.32. The lowest BCUT2D eigenvalue weighted by Crippen LogP contribution is -2.30. The number of nitrogens with one attached hydrogen (secondary N) is 2. The van der Waals surface area contributed by atoms with Gasteiger partial charge in [-0.05, 0) is 13.3 Å². The van der Waals surface area contributed by atoms with E-state index in [2.05, 4.69) is 17.6 Å². The highest BCUT2D eigenvalue weighted by Crippen LogP contribution is 2.12. The van der Waals surface area contributed by atoms with Crippen molar-refractivity contribution in [3.63, 3.8) is 0 Å². The van der Waals surface area contributed by atoms with E-state index in [0.717, 1.165) is 12.8 Å². The van der Waals surface area contributed by atoms with Gasteiger partial charge in [0.2, 0.25) is 5.91 Å². The van der Waals surface area contributed by atoms with E-state index in [9.17, 15) is 9.59 Å². The average Bonchev–Trinajstić information content (AvgIpc) is 2.63. The fraction of sp³-hybridized carbons (Fsp3) is 0.905. The van der Waals surface area contributed by atoms with Gasteiger partial charge in [-0.15, -0.1) is 0 Å². The first-order valence-corrected chi connectivity index (χ1v) is 10.9. The Bertz CT molecular complexity index is 335. The van der Waals surface area contributed by atoms with Gasteiger partial charge < -0.3 is 15.4 Å². The van der Waals surface area contributed by atoms with Crippen molar-refractivity contribution in [2.24, 2.45) is 0 Å². The number of hydrogen-bond donors (Lipinski definition) is 2. The second-order valence-corrected chi connectivity index (χ2v) is 7.01. The second kappa shape index (κ2) is 20.1. The zero-order chi connectivity index (χ0) is 19.3. The third-order valence-electron chi connectivity index (χ3n) is 4.49. The number of unbranched alkanes of at least 4 members (excludes halogenated alkanes) is 12. The molecule has 0 spiro atoms. The minimum absolute atomic E-state index is 0.0487. The molecule has 0 fully saturated rings. The molecule has 0 aromatic rings. The van der Waals surface area contributed by atoms with Crippen LogP contribution in [0.1, 0.15) is 104 Å². The first-order valence-electron chi connectivity index (χ1n) is 10.9. The predicted molar refractivity (Wildman–Crippen MR) is 108 cm³/mol. The van der Waals surface area contributed by atoms with E-state index >= 15 is 0 Å². The Labute approximate surface area is 161 Å². The van der Waals surface area contributed by atoms with Crippen LogP contribution in [0, 0.1) is 0 Å². The number of hydrogen-bond acceptors (Lipinski definition) is 3. The molecule has 0 rings (SSSR count). The van der Waals surface area contributed by atoms with Crippen LogP contribution in [0.15, 0.2) is 0 Å². The molecule has 5 heteroatoms. The Morgan fingerprint density at radius 3 is 1.69 bits per heavy atom. The fourth-order valence-electron chi connectivity index (χ4n) is 2.92. The summed E-state index contributed by atoms with van der Waals surface area (Å²) in [5.74, 6) is 0.0487. The topological polar surface area (TPSA) is 67.4 Å². The van der Waals surface area contributed by atoms with Crippen LogP contribution in [0.2, 0.25) is 0 Å². The highest BCUT2D eigenvalue weighted by atomic mass is 16.5. The normalized spacial score (nSPS) is 10.5. The molecule has 0 aromatic carbocycles. The van der Waals surface area contributed by atoms with Crippen LogP contribution in [0.3, 0.4) is 0 Å². The summed E-state index contributed by atoms with van der Waals surface area (Å²) in [6.45, 7) is 5.24. The molecule has 5 nitrogen and oxygen atoms in total. The van der Waals surface area contributed by atoms with Crippen molar-refractivity contribution in [3.05, 3.63) is 0 Å². The average molecular weight is 371 g/mol. The SMILES string of the molecule is CCCCCCCCCCCCCCCC(=O)NCCOC(=O)NCC. The van der Waals surface area contributed by atoms with Gasteiger partial charge in [0.05, 0.1) is 6.54 Å². The molecule has 0 bridgehead atoms. The highest BCUT2D eigenvalue weighted by molar-refractivity contribution is 5.75. The summed E-state index contributed by atoms with van der Waals surface area (Å²) < 4.78 is 4.89. The van der Waals surface area contributed by atoms with Gasteiger partial charge >= 0.3 is 6.09 Å². The van der Waals surface area contributed by atoms with Gasteiger partial charge in [0.15, 0.2) is 0 Å². The van der Waals surface area contributed by atoms with Crippen molar-refractivity contribution in [3.8, 4) is 0 Å². The molecule has 0 saturated carbocycles. The van der Waals surface area contributed by atoms with Crippen molar-refractivity contribution in [1.82, 2.24) is 10.6 Å². The van der Waals surface area contributed by atoms with Crippen LogP contribution in [0.4, 0.5) is 4.79 Å². The lowest BCUT2D eigenvalue weighted by atomic mass is 10.0. The van der Waals surface area contributed by atoms with Crippen molar-refractivity contribution < 1.29 is 14.3 Å². The Hall–Kier alpha value is -1.26. The van der Waals surface area contributed by atoms with Gasteiger partial charge in [-0.2, -0.15) is 0 Å². The van der Waals surface area contributed by atoms with Crippen molar-refractivity contribution >= 4 is 12.0 Å². The van der Waals surface area contributed by atoms with Crippen LogP contribution >= 0.6 is 0 Å². The maximum Gasteiger partial charge on any atom is 0.407 e. The monoisotopic (exact) mass is 370 g/mol. The summed E-state index contributed by atoms with van der Waals surface area (Å²) in [6, 6.07) is 0. The molecule has 0 radical (unpaired) electrons. The molecular weight excluding hydrogens is 328 g/mol. The van der Waals surface area contributed by atoms with E-state index in [1.54, 1.807) is 0 Å². The van der Waals surface area contributed by atoms with Gasteiger partial charge in [0, 0.05) is 13.0 Å². The van der Waals surface area contributed by atoms with Crippen LogP contribution in [-0.2, 0) is 9.53 Å². The van der Waals surface area contributed by atoms with Crippen molar-refractivity contribution in [1.29, 1.82) is 0 Å². The Morgan fingerprint density at radius 2 is 1.19 bits per heavy atom. The minimum Gasteiger partial charge on any atom is -0.448 e. The molecule has 0 heterocycles. The molecular formula is C21H42N2O3. The predicted octanol–water partition coefficient (Wildman–Crippen LogP) is 5.33.